The lowest BCUT2D eigenvalue weighted by atomic mass is 10.1. The van der Waals surface area contributed by atoms with Crippen molar-refractivity contribution in [2.75, 3.05) is 0 Å². The minimum Gasteiger partial charge on any atom is -0.308 e. The Kier molecular flexibility index (Phi) is 5.14. The van der Waals surface area contributed by atoms with Gasteiger partial charge in [-0.1, -0.05) is 36.4 Å². The Morgan fingerprint density at radius 3 is 2.25 bits per heavy atom. The van der Waals surface area contributed by atoms with Gasteiger partial charge < -0.3 is 5.41 Å². The predicted octanol–water partition coefficient (Wildman–Crippen LogP) is 3.80. The second-order valence-electron chi connectivity index (χ2n) is 3.75. The van der Waals surface area contributed by atoms with Gasteiger partial charge in [0.2, 0.25) is 0 Å². The van der Waals surface area contributed by atoms with Crippen LogP contribution in [0.25, 0.3) is 0 Å². The lowest BCUT2D eigenvalue weighted by Crippen LogP contribution is -1.84. The van der Waals surface area contributed by atoms with Gasteiger partial charge in [-0.25, -0.2) is 0 Å². The molecule has 0 radical (unpaired) electrons. The number of hydrogen-bond acceptors (Lipinski definition) is 1. The Balaban J connectivity index is 3.51. The number of aryl methyl sites for hydroxylation is 2. The summed E-state index contributed by atoms with van der Waals surface area (Å²) < 4.78 is 0. The van der Waals surface area contributed by atoms with E-state index in [-0.39, 0.29) is 0 Å². The van der Waals surface area contributed by atoms with Crippen LogP contribution in [0.1, 0.15) is 22.3 Å². The van der Waals surface area contributed by atoms with Crippen molar-refractivity contribution >= 4 is 15.5 Å². The Bertz CT molecular complexity index is 437. The quantitative estimate of drug-likeness (QED) is 0.591. The van der Waals surface area contributed by atoms with Crippen molar-refractivity contribution in [3.8, 4) is 0 Å². The average Bonchev–Trinajstić information content (AvgIpc) is 2.29. The minimum absolute atomic E-state index is 0.931. The molecule has 1 rings (SSSR count). The van der Waals surface area contributed by atoms with E-state index < -0.39 is 0 Å². The van der Waals surface area contributed by atoms with Gasteiger partial charge in [0.15, 0.2) is 0 Å². The van der Waals surface area contributed by atoms with Crippen LogP contribution in [0.3, 0.4) is 0 Å². The van der Waals surface area contributed by atoms with Crippen LogP contribution in [0.5, 0.6) is 0 Å². The molecule has 2 heteroatoms. The number of hydrogen-bond donors (Lipinski definition) is 1. The van der Waals surface area contributed by atoms with E-state index in [1.807, 2.05) is 31.2 Å². The molecule has 0 heterocycles. The molecule has 0 bridgehead atoms. The molecule has 1 unspecified atom stereocenters. The lowest BCUT2D eigenvalue weighted by Gasteiger charge is -1.99. The smallest absolute Gasteiger partial charge is 0.0252 e. The van der Waals surface area contributed by atoms with Gasteiger partial charge in [0.05, 0.1) is 0 Å². The summed E-state index contributed by atoms with van der Waals surface area (Å²) in [6.07, 6.45) is 2.33. The van der Waals surface area contributed by atoms with Crippen molar-refractivity contribution in [2.24, 2.45) is 0 Å². The molecule has 0 aliphatic carbocycles. The van der Waals surface area contributed by atoms with E-state index in [9.17, 15) is 0 Å². The summed E-state index contributed by atoms with van der Waals surface area (Å²) in [5, 5.41) is 7.39. The van der Waals surface area contributed by atoms with Crippen molar-refractivity contribution in [1.29, 1.82) is 5.41 Å². The molecule has 1 atom stereocenters. The molecule has 1 N–H and O–H groups in total. The molecule has 1 aromatic rings. The molecular weight excluding hydrogens is 213 g/mol. The van der Waals surface area contributed by atoms with Gasteiger partial charge in [-0.05, 0) is 42.3 Å². The van der Waals surface area contributed by atoms with Crippen LogP contribution >= 0.6 is 9.24 Å². The van der Waals surface area contributed by atoms with Crippen molar-refractivity contribution in [1.82, 2.24) is 0 Å². The van der Waals surface area contributed by atoms with Gasteiger partial charge in [-0.15, -0.1) is 9.24 Å². The van der Waals surface area contributed by atoms with Crippen molar-refractivity contribution in [2.45, 2.75) is 20.0 Å². The molecule has 1 nitrogen and oxygen atoms in total. The van der Waals surface area contributed by atoms with E-state index in [4.69, 9.17) is 5.41 Å². The van der Waals surface area contributed by atoms with E-state index in [2.05, 4.69) is 28.3 Å². The molecule has 0 aliphatic heterocycles. The highest BCUT2D eigenvalue weighted by Crippen LogP contribution is 2.10. The Morgan fingerprint density at radius 1 is 1.06 bits per heavy atom. The lowest BCUT2D eigenvalue weighted by molar-refractivity contribution is 1.32. The molecule has 0 saturated heterocycles. The molecule has 1 aromatic carbocycles. The zero-order valence-electron chi connectivity index (χ0n) is 9.83. The first-order valence-electron chi connectivity index (χ1n) is 5.33. The fourth-order valence-electron chi connectivity index (χ4n) is 1.45. The molecule has 0 fully saturated rings. The van der Waals surface area contributed by atoms with E-state index >= 15 is 0 Å². The minimum atomic E-state index is 0.931. The summed E-state index contributed by atoms with van der Waals surface area (Å²) in [6.45, 7) is 4.13. The third-order valence-corrected chi connectivity index (χ3v) is 3.04. The first-order chi connectivity index (χ1) is 7.69. The summed E-state index contributed by atoms with van der Waals surface area (Å²) in [5.41, 5.74) is 4.61. The Labute approximate surface area is 99.9 Å². The fourth-order valence-corrected chi connectivity index (χ4v) is 1.91. The average molecular weight is 231 g/mol. The normalized spacial score (nSPS) is 9.44. The van der Waals surface area contributed by atoms with E-state index in [1.165, 1.54) is 17.3 Å². The van der Waals surface area contributed by atoms with Crippen LogP contribution in [0, 0.1) is 19.3 Å². The summed E-state index contributed by atoms with van der Waals surface area (Å²) in [7, 11) is 2.74. The zero-order valence-corrected chi connectivity index (χ0v) is 11.0. The van der Waals surface area contributed by atoms with Crippen molar-refractivity contribution < 1.29 is 0 Å². The first kappa shape index (κ1) is 12.9. The summed E-state index contributed by atoms with van der Waals surface area (Å²) in [6, 6.07) is 12.3. The van der Waals surface area contributed by atoms with Crippen molar-refractivity contribution in [3.05, 3.63) is 58.7 Å². The van der Waals surface area contributed by atoms with Crippen LogP contribution in [0.15, 0.2) is 36.4 Å². The van der Waals surface area contributed by atoms with E-state index in [0.717, 1.165) is 17.3 Å². The number of rotatable bonds is 2. The molecule has 0 amide bonds. The van der Waals surface area contributed by atoms with E-state index in [1.54, 1.807) is 0 Å². The van der Waals surface area contributed by atoms with Crippen LogP contribution in [-0.2, 0) is 6.16 Å². The molecular formula is C14H18NP. The monoisotopic (exact) mass is 231 g/mol. The molecule has 0 aromatic heterocycles. The van der Waals surface area contributed by atoms with Gasteiger partial charge in [0.1, 0.15) is 0 Å². The molecule has 84 valence electrons. The van der Waals surface area contributed by atoms with E-state index in [0.29, 0.717) is 0 Å². The highest BCUT2D eigenvalue weighted by molar-refractivity contribution is 7.15. The van der Waals surface area contributed by atoms with Gasteiger partial charge in [0.25, 0.3) is 0 Å². The highest BCUT2D eigenvalue weighted by Gasteiger charge is 1.92. The Morgan fingerprint density at radius 2 is 1.69 bits per heavy atom. The summed E-state index contributed by atoms with van der Waals surface area (Å²) in [5.74, 6) is 0. The number of nitrogens with one attached hydrogen (secondary N) is 1. The topological polar surface area (TPSA) is 23.9 Å². The Hall–Kier alpha value is -1.20. The maximum atomic E-state index is 7.39. The predicted molar refractivity (Wildman–Crippen MR) is 74.8 cm³/mol. The van der Waals surface area contributed by atoms with Crippen LogP contribution in [0.4, 0.5) is 0 Å². The van der Waals surface area contributed by atoms with Gasteiger partial charge in [-0.2, -0.15) is 0 Å². The summed E-state index contributed by atoms with van der Waals surface area (Å²) in [4.78, 5) is 0. The second kappa shape index (κ2) is 6.40. The van der Waals surface area contributed by atoms with Crippen LogP contribution in [0.2, 0.25) is 0 Å². The molecule has 16 heavy (non-hydrogen) atoms. The standard InChI is InChI=1S/C14H18NP/c1-11-5-3-4-6-12(2)14(10-16)8-7-13(11)9-15/h3-9,15H,10,16H2,1-2H3. The van der Waals surface area contributed by atoms with Crippen LogP contribution in [-0.4, -0.2) is 6.21 Å². The molecule has 0 spiro atoms. The maximum Gasteiger partial charge on any atom is 0.0252 e. The first-order valence-corrected chi connectivity index (χ1v) is 6.14. The highest BCUT2D eigenvalue weighted by atomic mass is 31.0. The fraction of sp³-hybridized carbons (Fsp3) is 0.214. The van der Waals surface area contributed by atoms with Gasteiger partial charge in [0, 0.05) is 6.21 Å². The third-order valence-electron chi connectivity index (χ3n) is 2.60. The largest absolute Gasteiger partial charge is 0.308 e. The third kappa shape index (κ3) is 3.43. The SMILES string of the molecule is Cc1ccccc(C)c(CP)ccc1C=N. The van der Waals surface area contributed by atoms with Gasteiger partial charge >= 0.3 is 0 Å². The zero-order chi connectivity index (χ0) is 12.0. The van der Waals surface area contributed by atoms with Crippen molar-refractivity contribution in [3.63, 3.8) is 0 Å². The second-order valence-corrected chi connectivity index (χ2v) is 4.15. The van der Waals surface area contributed by atoms with Gasteiger partial charge in [-0.3, -0.25) is 0 Å². The summed E-state index contributed by atoms with van der Waals surface area (Å²) >= 11 is 0. The maximum absolute atomic E-state index is 7.39. The van der Waals surface area contributed by atoms with Crippen LogP contribution < -0.4 is 0 Å². The molecule has 0 saturated carbocycles. The molecule has 0 aliphatic rings.